The zero-order valence-corrected chi connectivity index (χ0v) is 13.7. The second-order valence-electron chi connectivity index (χ2n) is 4.00. The minimum atomic E-state index is -0.233. The third kappa shape index (κ3) is 4.68. The molecule has 0 aliphatic rings. The lowest BCUT2D eigenvalue weighted by atomic mass is 10.3. The molecule has 0 atom stereocenters. The average Bonchev–Trinajstić information content (AvgIpc) is 2.42. The summed E-state index contributed by atoms with van der Waals surface area (Å²) < 4.78 is 0. The fourth-order valence-electron chi connectivity index (χ4n) is 1.46. The Morgan fingerprint density at radius 1 is 1.24 bits per heavy atom. The van der Waals surface area contributed by atoms with Crippen molar-refractivity contribution in [3.8, 4) is 0 Å². The Hall–Kier alpha value is -1.14. The van der Waals surface area contributed by atoms with Crippen LogP contribution in [0.4, 0.5) is 11.5 Å². The molecule has 1 heterocycles. The number of nitrogens with zero attached hydrogens (tertiary/aromatic N) is 1. The lowest BCUT2D eigenvalue weighted by Gasteiger charge is -2.09. The summed E-state index contributed by atoms with van der Waals surface area (Å²) in [6.07, 6.45) is 1.61. The van der Waals surface area contributed by atoms with Crippen LogP contribution in [0.1, 0.15) is 0 Å². The van der Waals surface area contributed by atoms with E-state index in [0.717, 1.165) is 4.90 Å². The molecular weight excluding hydrogens is 353 g/mol. The minimum Gasteiger partial charge on any atom is -0.384 e. The average molecular weight is 363 g/mol. The number of hydrogen-bond acceptors (Lipinski definition) is 4. The Labute approximate surface area is 141 Å². The van der Waals surface area contributed by atoms with Gasteiger partial charge in [-0.1, -0.05) is 34.8 Å². The number of aromatic nitrogens is 1. The number of anilines is 2. The molecule has 2 rings (SSSR count). The van der Waals surface area contributed by atoms with E-state index in [1.54, 1.807) is 18.3 Å². The molecular formula is C13H10Cl3N3OS. The lowest BCUT2D eigenvalue weighted by Crippen LogP contribution is -2.14. The smallest absolute Gasteiger partial charge is 0.234 e. The van der Waals surface area contributed by atoms with Crippen molar-refractivity contribution in [2.24, 2.45) is 0 Å². The third-order valence-electron chi connectivity index (χ3n) is 2.40. The van der Waals surface area contributed by atoms with Gasteiger partial charge in [0.1, 0.15) is 5.82 Å². The highest BCUT2D eigenvalue weighted by Crippen LogP contribution is 2.33. The molecule has 0 bridgehead atoms. The molecule has 21 heavy (non-hydrogen) atoms. The van der Waals surface area contributed by atoms with Crippen molar-refractivity contribution in [3.05, 3.63) is 45.5 Å². The van der Waals surface area contributed by atoms with Crippen molar-refractivity contribution in [1.29, 1.82) is 0 Å². The predicted molar refractivity (Wildman–Crippen MR) is 89.5 cm³/mol. The monoisotopic (exact) mass is 361 g/mol. The molecule has 0 radical (unpaired) electrons. The number of nitrogen functional groups attached to an aromatic ring is 1. The number of pyridine rings is 1. The van der Waals surface area contributed by atoms with Gasteiger partial charge in [-0.15, -0.1) is 11.8 Å². The maximum atomic E-state index is 11.9. The van der Waals surface area contributed by atoms with Crippen molar-refractivity contribution in [1.82, 2.24) is 4.98 Å². The second-order valence-corrected chi connectivity index (χ2v) is 6.30. The molecule has 1 aromatic carbocycles. The number of carbonyl (C=O) groups excluding carboxylic acids is 1. The van der Waals surface area contributed by atoms with Gasteiger partial charge in [-0.2, -0.15) is 0 Å². The number of amides is 1. The summed E-state index contributed by atoms with van der Waals surface area (Å²) in [5.74, 6) is 0.396. The summed E-state index contributed by atoms with van der Waals surface area (Å²) in [7, 11) is 0. The van der Waals surface area contributed by atoms with E-state index in [9.17, 15) is 4.79 Å². The Balaban J connectivity index is 1.97. The molecule has 8 heteroatoms. The zero-order chi connectivity index (χ0) is 15.4. The number of rotatable bonds is 4. The van der Waals surface area contributed by atoms with Crippen LogP contribution in [0.15, 0.2) is 35.4 Å². The molecule has 0 spiro atoms. The SMILES string of the molecule is Nc1ccc(SCC(=O)Nc2c(Cl)cc(Cl)cc2Cl)cn1. The topological polar surface area (TPSA) is 68.0 Å². The van der Waals surface area contributed by atoms with Gasteiger partial charge in [0, 0.05) is 16.1 Å². The van der Waals surface area contributed by atoms with Crippen LogP contribution in [-0.2, 0) is 4.79 Å². The fourth-order valence-corrected chi connectivity index (χ4v) is 3.04. The summed E-state index contributed by atoms with van der Waals surface area (Å²) in [4.78, 5) is 16.7. The molecule has 1 aromatic heterocycles. The standard InChI is InChI=1S/C13H10Cl3N3OS/c14-7-3-9(15)13(10(16)4-7)19-12(20)6-21-8-1-2-11(17)18-5-8/h1-5H,6H2,(H2,17,18)(H,19,20). The molecule has 110 valence electrons. The largest absolute Gasteiger partial charge is 0.384 e. The second kappa shape index (κ2) is 7.22. The van der Waals surface area contributed by atoms with Crippen molar-refractivity contribution in [3.63, 3.8) is 0 Å². The van der Waals surface area contributed by atoms with Crippen LogP contribution >= 0.6 is 46.6 Å². The van der Waals surface area contributed by atoms with E-state index >= 15 is 0 Å². The van der Waals surface area contributed by atoms with Crippen LogP contribution < -0.4 is 11.1 Å². The van der Waals surface area contributed by atoms with E-state index in [1.807, 2.05) is 0 Å². The Kier molecular flexibility index (Phi) is 5.58. The maximum Gasteiger partial charge on any atom is 0.234 e. The summed E-state index contributed by atoms with van der Waals surface area (Å²) >= 11 is 19.1. The van der Waals surface area contributed by atoms with Crippen LogP contribution in [-0.4, -0.2) is 16.6 Å². The molecule has 3 N–H and O–H groups in total. The lowest BCUT2D eigenvalue weighted by molar-refractivity contribution is -0.113. The Bertz CT molecular complexity index is 641. The number of benzene rings is 1. The van der Waals surface area contributed by atoms with E-state index in [-0.39, 0.29) is 11.7 Å². The van der Waals surface area contributed by atoms with E-state index in [1.165, 1.54) is 23.9 Å². The van der Waals surface area contributed by atoms with Gasteiger partial charge in [-0.25, -0.2) is 4.98 Å². The van der Waals surface area contributed by atoms with Gasteiger partial charge in [0.15, 0.2) is 0 Å². The number of nitrogens with one attached hydrogen (secondary N) is 1. The van der Waals surface area contributed by atoms with Gasteiger partial charge >= 0.3 is 0 Å². The van der Waals surface area contributed by atoms with Crippen molar-refractivity contribution < 1.29 is 4.79 Å². The minimum absolute atomic E-state index is 0.195. The molecule has 0 aliphatic carbocycles. The molecule has 0 fully saturated rings. The van der Waals surface area contributed by atoms with E-state index < -0.39 is 0 Å². The number of carbonyl (C=O) groups is 1. The van der Waals surface area contributed by atoms with Crippen molar-refractivity contribution >= 4 is 64.0 Å². The van der Waals surface area contributed by atoms with Crippen LogP contribution in [0.25, 0.3) is 0 Å². The molecule has 2 aromatic rings. The van der Waals surface area contributed by atoms with Gasteiger partial charge in [0.25, 0.3) is 0 Å². The van der Waals surface area contributed by atoms with Gasteiger partial charge in [-0.05, 0) is 24.3 Å². The highest BCUT2D eigenvalue weighted by molar-refractivity contribution is 8.00. The van der Waals surface area contributed by atoms with Crippen LogP contribution in [0.2, 0.25) is 15.1 Å². The number of thioether (sulfide) groups is 1. The molecule has 0 saturated carbocycles. The Morgan fingerprint density at radius 3 is 2.48 bits per heavy atom. The number of halogens is 3. The molecule has 1 amide bonds. The number of nitrogens with two attached hydrogens (primary N) is 1. The van der Waals surface area contributed by atoms with Crippen molar-refractivity contribution in [2.45, 2.75) is 4.90 Å². The van der Waals surface area contributed by atoms with Crippen LogP contribution in [0.5, 0.6) is 0 Å². The van der Waals surface area contributed by atoms with Crippen LogP contribution in [0.3, 0.4) is 0 Å². The first-order chi connectivity index (χ1) is 9.95. The predicted octanol–water partition coefficient (Wildman–Crippen LogP) is 4.35. The molecule has 4 nitrogen and oxygen atoms in total. The highest BCUT2D eigenvalue weighted by atomic mass is 35.5. The first-order valence-corrected chi connectivity index (χ1v) is 7.86. The van der Waals surface area contributed by atoms with E-state index in [4.69, 9.17) is 40.5 Å². The summed E-state index contributed by atoms with van der Waals surface area (Å²) in [5.41, 5.74) is 5.84. The summed E-state index contributed by atoms with van der Waals surface area (Å²) in [6, 6.07) is 6.50. The summed E-state index contributed by atoms with van der Waals surface area (Å²) in [6.45, 7) is 0. The van der Waals surface area contributed by atoms with Gasteiger partial charge in [0.2, 0.25) is 5.91 Å². The first kappa shape index (κ1) is 16.2. The van der Waals surface area contributed by atoms with Gasteiger partial charge in [0.05, 0.1) is 21.5 Å². The molecule has 0 aliphatic heterocycles. The van der Waals surface area contributed by atoms with E-state index in [0.29, 0.717) is 26.6 Å². The normalized spacial score (nSPS) is 10.4. The summed E-state index contributed by atoms with van der Waals surface area (Å²) in [5, 5.41) is 3.65. The van der Waals surface area contributed by atoms with Gasteiger partial charge < -0.3 is 11.1 Å². The quantitative estimate of drug-likeness (QED) is 0.793. The van der Waals surface area contributed by atoms with E-state index in [2.05, 4.69) is 10.3 Å². The zero-order valence-electron chi connectivity index (χ0n) is 10.6. The molecule has 0 saturated heterocycles. The van der Waals surface area contributed by atoms with Crippen LogP contribution in [0, 0.1) is 0 Å². The van der Waals surface area contributed by atoms with Gasteiger partial charge in [-0.3, -0.25) is 4.79 Å². The fraction of sp³-hybridized carbons (Fsp3) is 0.0769. The first-order valence-electron chi connectivity index (χ1n) is 5.74. The van der Waals surface area contributed by atoms with Crippen molar-refractivity contribution in [2.75, 3.05) is 16.8 Å². The highest BCUT2D eigenvalue weighted by Gasteiger charge is 2.11. The third-order valence-corrected chi connectivity index (χ3v) is 4.20. The Morgan fingerprint density at radius 2 is 1.90 bits per heavy atom. The number of hydrogen-bond donors (Lipinski definition) is 2. The maximum absolute atomic E-state index is 11.9. The molecule has 0 unspecified atom stereocenters.